The van der Waals surface area contributed by atoms with Crippen molar-refractivity contribution < 1.29 is 13.2 Å². The van der Waals surface area contributed by atoms with Crippen molar-refractivity contribution in [1.29, 1.82) is 0 Å². The van der Waals surface area contributed by atoms with E-state index in [9.17, 15) is 13.2 Å². The van der Waals surface area contributed by atoms with E-state index in [1.807, 2.05) is 13.1 Å². The van der Waals surface area contributed by atoms with Crippen LogP contribution < -0.4 is 4.90 Å². The first-order valence-corrected chi connectivity index (χ1v) is 9.80. The maximum atomic E-state index is 12.6. The molecule has 1 atom stereocenters. The first-order chi connectivity index (χ1) is 10.8. The van der Waals surface area contributed by atoms with Crippen LogP contribution in [0.15, 0.2) is 18.5 Å². The highest BCUT2D eigenvalue weighted by Gasteiger charge is 2.33. The predicted octanol–water partition coefficient (Wildman–Crippen LogP) is 1.58. The molecule has 0 aliphatic carbocycles. The van der Waals surface area contributed by atoms with Crippen LogP contribution in [0.2, 0.25) is 0 Å². The zero-order valence-corrected chi connectivity index (χ0v) is 14.8. The molecule has 0 aromatic carbocycles. The van der Waals surface area contributed by atoms with Crippen molar-refractivity contribution in [2.75, 3.05) is 37.0 Å². The second kappa shape index (κ2) is 7.29. The highest BCUT2D eigenvalue weighted by atomic mass is 32.2. The number of pyridine rings is 1. The summed E-state index contributed by atoms with van der Waals surface area (Å²) >= 11 is 0. The van der Waals surface area contributed by atoms with E-state index in [-0.39, 0.29) is 23.5 Å². The summed E-state index contributed by atoms with van der Waals surface area (Å²) in [6.07, 6.45) is 5.98. The lowest BCUT2D eigenvalue weighted by molar-refractivity contribution is 0.0747. The van der Waals surface area contributed by atoms with Gasteiger partial charge in [-0.3, -0.25) is 9.78 Å². The van der Waals surface area contributed by atoms with Crippen LogP contribution in [0.1, 0.15) is 36.5 Å². The largest absolute Gasteiger partial charge is 0.373 e. The van der Waals surface area contributed by atoms with Gasteiger partial charge in [-0.05, 0) is 18.9 Å². The fourth-order valence-electron chi connectivity index (χ4n) is 2.73. The van der Waals surface area contributed by atoms with Crippen LogP contribution in [0.5, 0.6) is 0 Å². The van der Waals surface area contributed by atoms with E-state index in [1.54, 1.807) is 19.4 Å². The predicted molar refractivity (Wildman–Crippen MR) is 91.6 cm³/mol. The SMILES string of the molecule is CCCCN(C)c1cncc(C(=O)N(C)C2CCS(=O)(=O)C2)c1. The standard InChI is InChI=1S/C16H25N3O3S/c1-4-5-7-18(2)15-9-13(10-17-11-15)16(20)19(3)14-6-8-23(21,22)12-14/h9-11,14H,4-8,12H2,1-3H3. The highest BCUT2D eigenvalue weighted by molar-refractivity contribution is 7.91. The number of carbonyl (C=O) groups is 1. The van der Waals surface area contributed by atoms with E-state index >= 15 is 0 Å². The summed E-state index contributed by atoms with van der Waals surface area (Å²) in [6.45, 7) is 3.04. The van der Waals surface area contributed by atoms with Gasteiger partial charge in [-0.2, -0.15) is 0 Å². The van der Waals surface area contributed by atoms with Crippen molar-refractivity contribution in [3.63, 3.8) is 0 Å². The van der Waals surface area contributed by atoms with Crippen LogP contribution in [-0.2, 0) is 9.84 Å². The molecule has 2 heterocycles. The fraction of sp³-hybridized carbons (Fsp3) is 0.625. The molecule has 1 unspecified atom stereocenters. The molecule has 1 saturated heterocycles. The molecular formula is C16H25N3O3S. The van der Waals surface area contributed by atoms with Crippen molar-refractivity contribution in [1.82, 2.24) is 9.88 Å². The van der Waals surface area contributed by atoms with Gasteiger partial charge in [-0.15, -0.1) is 0 Å². The maximum absolute atomic E-state index is 12.6. The van der Waals surface area contributed by atoms with Gasteiger partial charge in [0.05, 0.1) is 29.0 Å². The number of aromatic nitrogens is 1. The van der Waals surface area contributed by atoms with E-state index in [0.717, 1.165) is 25.1 Å². The number of hydrogen-bond acceptors (Lipinski definition) is 5. The number of sulfone groups is 1. The number of anilines is 1. The normalized spacial score (nSPS) is 19.5. The van der Waals surface area contributed by atoms with E-state index in [4.69, 9.17) is 0 Å². The molecule has 2 rings (SSSR count). The summed E-state index contributed by atoms with van der Waals surface area (Å²) in [7, 11) is 0.642. The molecule has 1 aliphatic heterocycles. The first kappa shape index (κ1) is 17.7. The molecule has 0 saturated carbocycles. The average Bonchev–Trinajstić information content (AvgIpc) is 2.91. The Hall–Kier alpha value is -1.63. The number of nitrogens with zero attached hydrogens (tertiary/aromatic N) is 3. The van der Waals surface area contributed by atoms with Gasteiger partial charge in [0, 0.05) is 32.9 Å². The number of carbonyl (C=O) groups excluding carboxylic acids is 1. The number of amides is 1. The Labute approximate surface area is 138 Å². The molecule has 0 bridgehead atoms. The molecule has 0 radical (unpaired) electrons. The van der Waals surface area contributed by atoms with Crippen LogP contribution in [-0.4, -0.2) is 62.4 Å². The third-order valence-corrected chi connectivity index (χ3v) is 6.09. The van der Waals surface area contributed by atoms with E-state index in [1.165, 1.54) is 4.90 Å². The molecule has 0 N–H and O–H groups in total. The lowest BCUT2D eigenvalue weighted by Crippen LogP contribution is -2.38. The smallest absolute Gasteiger partial charge is 0.255 e. The molecule has 1 aromatic heterocycles. The van der Waals surface area contributed by atoms with Crippen LogP contribution in [0, 0.1) is 0 Å². The summed E-state index contributed by atoms with van der Waals surface area (Å²) in [4.78, 5) is 20.4. The zero-order chi connectivity index (χ0) is 17.0. The lowest BCUT2D eigenvalue weighted by Gasteiger charge is -2.24. The quantitative estimate of drug-likeness (QED) is 0.787. The second-order valence-corrected chi connectivity index (χ2v) is 8.41. The summed E-state index contributed by atoms with van der Waals surface area (Å²) in [5.41, 5.74) is 1.40. The Kier molecular flexibility index (Phi) is 5.62. The van der Waals surface area contributed by atoms with Crippen molar-refractivity contribution >= 4 is 21.4 Å². The monoisotopic (exact) mass is 339 g/mol. The fourth-order valence-corrected chi connectivity index (χ4v) is 4.50. The molecule has 6 nitrogen and oxygen atoms in total. The number of hydrogen-bond donors (Lipinski definition) is 0. The molecular weight excluding hydrogens is 314 g/mol. The summed E-state index contributed by atoms with van der Waals surface area (Å²) in [5, 5.41) is 0. The summed E-state index contributed by atoms with van der Waals surface area (Å²) < 4.78 is 23.2. The van der Waals surface area contributed by atoms with Gasteiger partial charge in [0.25, 0.3) is 5.91 Å². The summed E-state index contributed by atoms with van der Waals surface area (Å²) in [5.74, 6) is 0.0388. The van der Waals surface area contributed by atoms with Gasteiger partial charge in [-0.25, -0.2) is 8.42 Å². The van der Waals surface area contributed by atoms with E-state index in [2.05, 4.69) is 16.8 Å². The van der Waals surface area contributed by atoms with Crippen molar-refractivity contribution in [3.8, 4) is 0 Å². The molecule has 1 aliphatic rings. The molecule has 0 spiro atoms. The summed E-state index contributed by atoms with van der Waals surface area (Å²) in [6, 6.07) is 1.58. The first-order valence-electron chi connectivity index (χ1n) is 7.98. The third-order valence-electron chi connectivity index (χ3n) is 4.34. The van der Waals surface area contributed by atoms with Crippen molar-refractivity contribution in [3.05, 3.63) is 24.0 Å². The second-order valence-electron chi connectivity index (χ2n) is 6.18. The molecule has 1 amide bonds. The van der Waals surface area contributed by atoms with Gasteiger partial charge < -0.3 is 9.80 Å². The van der Waals surface area contributed by atoms with Gasteiger partial charge in [0.1, 0.15) is 0 Å². The van der Waals surface area contributed by atoms with Crippen LogP contribution in [0.3, 0.4) is 0 Å². The zero-order valence-electron chi connectivity index (χ0n) is 14.0. The van der Waals surface area contributed by atoms with Gasteiger partial charge >= 0.3 is 0 Å². The highest BCUT2D eigenvalue weighted by Crippen LogP contribution is 2.20. The van der Waals surface area contributed by atoms with Crippen LogP contribution >= 0.6 is 0 Å². The topological polar surface area (TPSA) is 70.6 Å². The third kappa shape index (κ3) is 4.43. The van der Waals surface area contributed by atoms with Crippen molar-refractivity contribution in [2.24, 2.45) is 0 Å². The Morgan fingerprint density at radius 3 is 2.70 bits per heavy atom. The van der Waals surface area contributed by atoms with E-state index in [0.29, 0.717) is 12.0 Å². The van der Waals surface area contributed by atoms with Gasteiger partial charge in [0.2, 0.25) is 0 Å². The Morgan fingerprint density at radius 2 is 2.09 bits per heavy atom. The minimum absolute atomic E-state index is 0.0543. The number of unbranched alkanes of at least 4 members (excludes halogenated alkanes) is 1. The Bertz CT molecular complexity index is 660. The molecule has 7 heteroatoms. The Morgan fingerprint density at radius 1 is 1.35 bits per heavy atom. The minimum atomic E-state index is -3.01. The molecule has 1 aromatic rings. The molecule has 128 valence electrons. The lowest BCUT2D eigenvalue weighted by atomic mass is 10.1. The maximum Gasteiger partial charge on any atom is 0.255 e. The van der Waals surface area contributed by atoms with Crippen LogP contribution in [0.4, 0.5) is 5.69 Å². The molecule has 23 heavy (non-hydrogen) atoms. The van der Waals surface area contributed by atoms with Crippen molar-refractivity contribution in [2.45, 2.75) is 32.2 Å². The van der Waals surface area contributed by atoms with E-state index < -0.39 is 9.84 Å². The molecule has 1 fully saturated rings. The van der Waals surface area contributed by atoms with Crippen LogP contribution in [0.25, 0.3) is 0 Å². The van der Waals surface area contributed by atoms with Gasteiger partial charge in [-0.1, -0.05) is 13.3 Å². The Balaban J connectivity index is 2.10. The van der Waals surface area contributed by atoms with Gasteiger partial charge in [0.15, 0.2) is 9.84 Å². The average molecular weight is 339 g/mol. The minimum Gasteiger partial charge on any atom is -0.373 e. The number of rotatable bonds is 6.